The van der Waals surface area contributed by atoms with Crippen molar-refractivity contribution in [2.75, 3.05) is 0 Å². The second kappa shape index (κ2) is 10.2. The number of halogens is 3. The minimum absolute atomic E-state index is 0.0654. The molecule has 0 saturated heterocycles. The predicted octanol–water partition coefficient (Wildman–Crippen LogP) is 5.69. The van der Waals surface area contributed by atoms with Gasteiger partial charge < -0.3 is 5.11 Å². The van der Waals surface area contributed by atoms with E-state index < -0.39 is 17.7 Å². The smallest absolute Gasteiger partial charge is 0.416 e. The third-order valence-corrected chi connectivity index (χ3v) is 5.93. The molecule has 1 aromatic heterocycles. The van der Waals surface area contributed by atoms with Crippen LogP contribution in [0.3, 0.4) is 0 Å². The number of Topliss-reactive ketones (excluding diaryl/α,β-unsaturated/α-hetero) is 1. The summed E-state index contributed by atoms with van der Waals surface area (Å²) in [4.78, 5) is 23.8. The van der Waals surface area contributed by atoms with E-state index in [1.807, 2.05) is 49.7 Å². The number of aliphatic carboxylic acids is 1. The second-order valence-electron chi connectivity index (χ2n) is 8.19. The van der Waals surface area contributed by atoms with Gasteiger partial charge in [0.15, 0.2) is 5.78 Å². The molecule has 0 aliphatic carbocycles. The van der Waals surface area contributed by atoms with Crippen molar-refractivity contribution < 1.29 is 27.9 Å². The summed E-state index contributed by atoms with van der Waals surface area (Å²) >= 11 is 0. The molecule has 0 bridgehead atoms. The molecule has 3 rings (SSSR count). The molecule has 0 radical (unpaired) electrons. The van der Waals surface area contributed by atoms with E-state index in [0.29, 0.717) is 12.8 Å². The van der Waals surface area contributed by atoms with Crippen molar-refractivity contribution in [3.63, 3.8) is 0 Å². The number of hydrogen-bond acceptors (Lipinski definition) is 3. The Balaban J connectivity index is 1.77. The first-order valence-electron chi connectivity index (χ1n) is 11.1. The number of aromatic nitrogens is 2. The van der Waals surface area contributed by atoms with Gasteiger partial charge in [0.2, 0.25) is 0 Å². The third-order valence-electron chi connectivity index (χ3n) is 5.93. The Morgan fingerprint density at radius 3 is 2.09 bits per heavy atom. The molecule has 1 heterocycles. The molecule has 34 heavy (non-hydrogen) atoms. The first-order chi connectivity index (χ1) is 16.0. The lowest BCUT2D eigenvalue weighted by molar-refractivity contribution is -0.138. The zero-order valence-electron chi connectivity index (χ0n) is 19.3. The van der Waals surface area contributed by atoms with Gasteiger partial charge in [-0.25, -0.2) is 0 Å². The maximum atomic E-state index is 12.7. The molecule has 1 N–H and O–H groups in total. The van der Waals surface area contributed by atoms with Crippen LogP contribution in [0.25, 0.3) is 0 Å². The average molecular weight is 473 g/mol. The average Bonchev–Trinajstić information content (AvgIpc) is 3.15. The fraction of sp³-hybridized carbons (Fsp3) is 0.346. The quantitative estimate of drug-likeness (QED) is 0.406. The lowest BCUT2D eigenvalue weighted by atomic mass is 9.99. The highest BCUT2D eigenvalue weighted by Gasteiger charge is 2.30. The number of carboxylic acid groups (broad SMARTS) is 1. The highest BCUT2D eigenvalue weighted by atomic mass is 19.4. The van der Waals surface area contributed by atoms with Crippen molar-refractivity contribution in [1.82, 2.24) is 9.78 Å². The summed E-state index contributed by atoms with van der Waals surface area (Å²) in [6.07, 6.45) is -3.14. The maximum Gasteiger partial charge on any atom is 0.416 e. The van der Waals surface area contributed by atoms with Gasteiger partial charge in [-0.05, 0) is 43.0 Å². The number of carbonyl (C=O) groups is 2. The van der Waals surface area contributed by atoms with Crippen molar-refractivity contribution in [1.29, 1.82) is 0 Å². The van der Waals surface area contributed by atoms with Crippen LogP contribution < -0.4 is 0 Å². The summed E-state index contributed by atoms with van der Waals surface area (Å²) in [6.45, 7) is 5.91. The van der Waals surface area contributed by atoms with Crippen molar-refractivity contribution in [2.45, 2.75) is 58.7 Å². The Labute approximate surface area is 196 Å². The van der Waals surface area contributed by atoms with E-state index in [-0.39, 0.29) is 30.2 Å². The number of rotatable bonds is 9. The topological polar surface area (TPSA) is 72.2 Å². The van der Waals surface area contributed by atoms with Crippen LogP contribution in [0.15, 0.2) is 48.5 Å². The molecule has 3 aromatic rings. The molecule has 0 amide bonds. The second-order valence-corrected chi connectivity index (χ2v) is 8.19. The highest BCUT2D eigenvalue weighted by Crippen LogP contribution is 2.29. The van der Waals surface area contributed by atoms with Crippen molar-refractivity contribution in [3.8, 4) is 0 Å². The standard InChI is InChI=1S/C26H27F3N2O3/c1-4-22-21(15-25(33)34)23(5-2)31(30-22)16(3)18-8-6-17(7-9-18)14-24(32)19-10-12-20(13-11-19)26(27,28)29/h6-13,16H,4-5,14-15H2,1-3H3,(H,33,34). The number of hydrogen-bond donors (Lipinski definition) is 1. The first-order valence-corrected chi connectivity index (χ1v) is 11.1. The molecule has 180 valence electrons. The molecule has 0 saturated carbocycles. The summed E-state index contributed by atoms with van der Waals surface area (Å²) in [7, 11) is 0. The van der Waals surface area contributed by atoms with Crippen molar-refractivity contribution in [3.05, 3.63) is 87.7 Å². The van der Waals surface area contributed by atoms with E-state index >= 15 is 0 Å². The predicted molar refractivity (Wildman–Crippen MR) is 122 cm³/mol. The molecular formula is C26H27F3N2O3. The van der Waals surface area contributed by atoms with Crippen LogP contribution >= 0.6 is 0 Å². The van der Waals surface area contributed by atoms with Crippen LogP contribution in [0.2, 0.25) is 0 Å². The lowest BCUT2D eigenvalue weighted by Gasteiger charge is -2.17. The summed E-state index contributed by atoms with van der Waals surface area (Å²) in [5.74, 6) is -1.15. The summed E-state index contributed by atoms with van der Waals surface area (Å²) in [5, 5.41) is 14.0. The molecule has 0 spiro atoms. The van der Waals surface area contributed by atoms with Crippen LogP contribution in [-0.4, -0.2) is 26.6 Å². The van der Waals surface area contributed by atoms with E-state index in [1.54, 1.807) is 0 Å². The molecule has 5 nitrogen and oxygen atoms in total. The molecule has 0 fully saturated rings. The number of carbonyl (C=O) groups excluding carboxylic acids is 1. The van der Waals surface area contributed by atoms with Gasteiger partial charge in [-0.15, -0.1) is 0 Å². The Kier molecular flexibility index (Phi) is 7.59. The van der Waals surface area contributed by atoms with Crippen LogP contribution in [0.1, 0.15) is 70.8 Å². The van der Waals surface area contributed by atoms with Crippen molar-refractivity contribution in [2.24, 2.45) is 0 Å². The Bertz CT molecular complexity index is 1160. The number of alkyl halides is 3. The van der Waals surface area contributed by atoms with Gasteiger partial charge in [-0.1, -0.05) is 50.2 Å². The number of aryl methyl sites for hydroxylation is 1. The minimum Gasteiger partial charge on any atom is -0.481 e. The Morgan fingerprint density at radius 1 is 0.971 bits per heavy atom. The number of benzene rings is 2. The van der Waals surface area contributed by atoms with Gasteiger partial charge in [0.05, 0.1) is 23.7 Å². The van der Waals surface area contributed by atoms with E-state index in [9.17, 15) is 27.9 Å². The van der Waals surface area contributed by atoms with E-state index in [2.05, 4.69) is 5.10 Å². The maximum absolute atomic E-state index is 12.7. The zero-order chi connectivity index (χ0) is 25.0. The van der Waals surface area contributed by atoms with Gasteiger partial charge in [0.1, 0.15) is 0 Å². The molecular weight excluding hydrogens is 445 g/mol. The van der Waals surface area contributed by atoms with Gasteiger partial charge in [0, 0.05) is 23.2 Å². The number of carboxylic acids is 1. The number of nitrogens with zero attached hydrogens (tertiary/aromatic N) is 2. The molecule has 0 aliphatic rings. The van der Waals surface area contributed by atoms with E-state index in [4.69, 9.17) is 0 Å². The molecule has 1 unspecified atom stereocenters. The SMILES string of the molecule is CCc1nn(C(C)c2ccc(CC(=O)c3ccc(C(F)(F)F)cc3)cc2)c(CC)c1CC(=O)O. The highest BCUT2D eigenvalue weighted by molar-refractivity contribution is 5.97. The van der Waals surface area contributed by atoms with Gasteiger partial charge in [0.25, 0.3) is 0 Å². The van der Waals surface area contributed by atoms with Gasteiger partial charge >= 0.3 is 12.1 Å². The summed E-state index contributed by atoms with van der Waals surface area (Å²) < 4.78 is 40.0. The Morgan fingerprint density at radius 2 is 1.59 bits per heavy atom. The molecule has 8 heteroatoms. The first kappa shape index (κ1) is 25.2. The molecule has 0 aliphatic heterocycles. The largest absolute Gasteiger partial charge is 0.481 e. The fourth-order valence-electron chi connectivity index (χ4n) is 4.08. The summed E-state index contributed by atoms with van der Waals surface area (Å²) in [5.41, 5.74) is 3.59. The number of ketones is 1. The van der Waals surface area contributed by atoms with E-state index in [1.165, 1.54) is 12.1 Å². The lowest BCUT2D eigenvalue weighted by Crippen LogP contribution is -2.13. The monoisotopic (exact) mass is 472 g/mol. The van der Waals surface area contributed by atoms with Gasteiger partial charge in [-0.2, -0.15) is 18.3 Å². The molecule has 2 aromatic carbocycles. The van der Waals surface area contributed by atoms with Crippen LogP contribution in [-0.2, 0) is 36.7 Å². The zero-order valence-corrected chi connectivity index (χ0v) is 19.3. The van der Waals surface area contributed by atoms with Crippen LogP contribution in [0.5, 0.6) is 0 Å². The van der Waals surface area contributed by atoms with E-state index in [0.717, 1.165) is 40.2 Å². The minimum atomic E-state index is -4.44. The normalized spacial score (nSPS) is 12.5. The Hall–Kier alpha value is -3.42. The fourth-order valence-corrected chi connectivity index (χ4v) is 4.08. The van der Waals surface area contributed by atoms with Gasteiger partial charge in [-0.3, -0.25) is 14.3 Å². The third kappa shape index (κ3) is 5.55. The summed E-state index contributed by atoms with van der Waals surface area (Å²) in [6, 6.07) is 11.5. The van der Waals surface area contributed by atoms with Crippen molar-refractivity contribution >= 4 is 11.8 Å². The molecule has 1 atom stereocenters. The van der Waals surface area contributed by atoms with Crippen LogP contribution in [0, 0.1) is 0 Å². The van der Waals surface area contributed by atoms with Crippen LogP contribution in [0.4, 0.5) is 13.2 Å².